The van der Waals surface area contributed by atoms with Crippen LogP contribution in [0.3, 0.4) is 0 Å². The van der Waals surface area contributed by atoms with E-state index in [9.17, 15) is 23.9 Å². The average molecular weight is 522 g/mol. The molecular weight excluding hydrogens is 493 g/mol. The number of ether oxygens (including phenoxy) is 2. The van der Waals surface area contributed by atoms with Crippen molar-refractivity contribution in [1.29, 1.82) is 0 Å². The first-order valence-electron chi connectivity index (χ1n) is 12.6. The zero-order valence-electron chi connectivity index (χ0n) is 20.7. The molecule has 1 aliphatic heterocycles. The summed E-state index contributed by atoms with van der Waals surface area (Å²) in [5.41, 5.74) is -0.942. The summed E-state index contributed by atoms with van der Waals surface area (Å²) in [6, 6.07) is 14.2. The number of carbonyl (C=O) groups is 2. The highest BCUT2D eigenvalue weighted by atomic mass is 19.1. The van der Waals surface area contributed by atoms with Crippen LogP contribution in [-0.4, -0.2) is 39.7 Å². The molecule has 0 saturated heterocycles. The lowest BCUT2D eigenvalue weighted by Crippen LogP contribution is -2.49. The zero-order chi connectivity index (χ0) is 26.7. The van der Waals surface area contributed by atoms with Gasteiger partial charge in [-0.3, -0.25) is 14.2 Å². The van der Waals surface area contributed by atoms with Gasteiger partial charge in [-0.25, -0.2) is 14.2 Å². The van der Waals surface area contributed by atoms with Gasteiger partial charge in [0, 0.05) is 13.1 Å². The maximum atomic E-state index is 13.2. The molecule has 1 aliphatic carbocycles. The molecule has 9 nitrogen and oxygen atoms in total. The van der Waals surface area contributed by atoms with E-state index in [0.29, 0.717) is 30.5 Å². The lowest BCUT2D eigenvalue weighted by atomic mass is 9.74. The highest BCUT2D eigenvalue weighted by Gasteiger charge is 2.47. The van der Waals surface area contributed by atoms with Crippen molar-refractivity contribution >= 4 is 11.9 Å². The minimum Gasteiger partial charge on any atom is -0.501 e. The molecule has 2 aliphatic rings. The van der Waals surface area contributed by atoms with E-state index < -0.39 is 34.6 Å². The van der Waals surface area contributed by atoms with Crippen molar-refractivity contribution in [2.24, 2.45) is 5.92 Å². The minimum absolute atomic E-state index is 0.00741. The number of esters is 1. The molecule has 1 saturated carbocycles. The zero-order valence-corrected chi connectivity index (χ0v) is 20.7. The van der Waals surface area contributed by atoms with Crippen molar-refractivity contribution in [1.82, 2.24) is 14.9 Å². The van der Waals surface area contributed by atoms with Gasteiger partial charge in [0.2, 0.25) is 5.75 Å². The summed E-state index contributed by atoms with van der Waals surface area (Å²) in [4.78, 5) is 42.8. The molecule has 2 unspecified atom stereocenters. The molecule has 1 aromatic heterocycles. The molecule has 10 heteroatoms. The Labute approximate surface area is 218 Å². The van der Waals surface area contributed by atoms with Gasteiger partial charge in [0.05, 0.1) is 12.2 Å². The Bertz CT molecular complexity index is 1390. The predicted octanol–water partition coefficient (Wildman–Crippen LogP) is 3.29. The normalized spacial score (nSPS) is 19.9. The van der Waals surface area contributed by atoms with E-state index >= 15 is 0 Å². The van der Waals surface area contributed by atoms with Gasteiger partial charge in [-0.2, -0.15) is 0 Å². The first-order valence-corrected chi connectivity index (χ1v) is 12.6. The second kappa shape index (κ2) is 10.7. The van der Waals surface area contributed by atoms with Crippen LogP contribution in [0.15, 0.2) is 59.4 Å². The third-order valence-electron chi connectivity index (χ3n) is 7.09. The Morgan fingerprint density at radius 3 is 2.66 bits per heavy atom. The molecule has 0 radical (unpaired) electrons. The second-order valence-electron chi connectivity index (χ2n) is 9.66. The van der Waals surface area contributed by atoms with Crippen LogP contribution in [-0.2, 0) is 28.2 Å². The highest BCUT2D eigenvalue weighted by Crippen LogP contribution is 2.46. The molecule has 2 atom stereocenters. The minimum atomic E-state index is -0.945. The molecule has 2 bridgehead atoms. The molecule has 2 aromatic carbocycles. The first kappa shape index (κ1) is 25.6. The second-order valence-corrected chi connectivity index (χ2v) is 9.66. The van der Waals surface area contributed by atoms with E-state index in [1.807, 2.05) is 6.07 Å². The third-order valence-corrected chi connectivity index (χ3v) is 7.09. The summed E-state index contributed by atoms with van der Waals surface area (Å²) < 4.78 is 26.2. The monoisotopic (exact) mass is 521 g/mol. The fraction of sp³-hybridized carbons (Fsp3) is 0.357. The van der Waals surface area contributed by atoms with Gasteiger partial charge in [0.1, 0.15) is 23.8 Å². The molecule has 2 N–H and O–H groups in total. The SMILES string of the molecule is O=C(OCCOC12CCCC(Cn3c1nc(C(=O)NCc1ccc(F)cc1)c(O)c3=O)C2)c1ccccc1. The summed E-state index contributed by atoms with van der Waals surface area (Å²) in [6.45, 7) is 0.525. The lowest BCUT2D eigenvalue weighted by molar-refractivity contribution is -0.120. The number of benzene rings is 2. The van der Waals surface area contributed by atoms with E-state index in [1.165, 1.54) is 28.8 Å². The summed E-state index contributed by atoms with van der Waals surface area (Å²) in [7, 11) is 0. The quantitative estimate of drug-likeness (QED) is 0.345. The van der Waals surface area contributed by atoms with E-state index in [1.54, 1.807) is 24.3 Å². The Morgan fingerprint density at radius 1 is 1.13 bits per heavy atom. The van der Waals surface area contributed by atoms with Crippen molar-refractivity contribution in [3.63, 3.8) is 0 Å². The summed E-state index contributed by atoms with van der Waals surface area (Å²) in [6.07, 6.45) is 2.93. The number of nitrogens with zero attached hydrogens (tertiary/aromatic N) is 2. The van der Waals surface area contributed by atoms with Crippen LogP contribution in [0.4, 0.5) is 4.39 Å². The van der Waals surface area contributed by atoms with Crippen LogP contribution < -0.4 is 10.9 Å². The van der Waals surface area contributed by atoms with E-state index in [4.69, 9.17) is 9.47 Å². The molecule has 0 spiro atoms. The Morgan fingerprint density at radius 2 is 1.89 bits per heavy atom. The van der Waals surface area contributed by atoms with Crippen LogP contribution in [0.25, 0.3) is 0 Å². The Hall–Kier alpha value is -4.05. The fourth-order valence-corrected chi connectivity index (χ4v) is 5.28. The Balaban J connectivity index is 1.34. The Kier molecular flexibility index (Phi) is 7.24. The van der Waals surface area contributed by atoms with Gasteiger partial charge < -0.3 is 19.9 Å². The van der Waals surface area contributed by atoms with Crippen molar-refractivity contribution in [3.8, 4) is 5.75 Å². The number of carbonyl (C=O) groups excluding carboxylic acids is 2. The molecule has 38 heavy (non-hydrogen) atoms. The molecule has 2 heterocycles. The van der Waals surface area contributed by atoms with Crippen molar-refractivity contribution in [3.05, 3.63) is 93.4 Å². The van der Waals surface area contributed by atoms with Crippen LogP contribution in [0.2, 0.25) is 0 Å². The van der Waals surface area contributed by atoms with E-state index in [0.717, 1.165) is 12.8 Å². The number of amides is 1. The standard InChI is InChI=1S/C28H28FN3O6/c29-21-10-8-18(9-11-21)16-30-24(34)22-23(33)25(35)32-17-19-5-4-12-28(15-19,27(32)31-22)38-14-13-37-26(36)20-6-2-1-3-7-20/h1-3,6-11,19,33H,4-5,12-17H2,(H,30,34). The average Bonchev–Trinajstić information content (AvgIpc) is 2.93. The van der Waals surface area contributed by atoms with Gasteiger partial charge in [0.25, 0.3) is 11.5 Å². The van der Waals surface area contributed by atoms with Crippen LogP contribution >= 0.6 is 0 Å². The number of nitrogens with one attached hydrogen (secondary N) is 1. The molecular formula is C28H28FN3O6. The molecule has 5 rings (SSSR count). The van der Waals surface area contributed by atoms with Crippen molar-refractivity contribution < 1.29 is 28.6 Å². The number of aromatic hydroxyl groups is 1. The number of rotatable bonds is 8. The molecule has 1 amide bonds. The van der Waals surface area contributed by atoms with E-state index in [2.05, 4.69) is 10.3 Å². The number of hydrogen-bond acceptors (Lipinski definition) is 7. The summed E-state index contributed by atoms with van der Waals surface area (Å²) in [5.74, 6) is -1.86. The van der Waals surface area contributed by atoms with Crippen LogP contribution in [0.1, 0.15) is 57.9 Å². The predicted molar refractivity (Wildman–Crippen MR) is 134 cm³/mol. The van der Waals surface area contributed by atoms with Gasteiger partial charge in [0.15, 0.2) is 5.69 Å². The van der Waals surface area contributed by atoms with E-state index in [-0.39, 0.29) is 37.2 Å². The third kappa shape index (κ3) is 5.17. The number of hydrogen-bond donors (Lipinski definition) is 2. The topological polar surface area (TPSA) is 120 Å². The largest absolute Gasteiger partial charge is 0.501 e. The smallest absolute Gasteiger partial charge is 0.338 e. The maximum Gasteiger partial charge on any atom is 0.338 e. The van der Waals surface area contributed by atoms with Gasteiger partial charge >= 0.3 is 5.97 Å². The highest BCUT2D eigenvalue weighted by molar-refractivity contribution is 5.94. The number of aromatic nitrogens is 2. The number of fused-ring (bicyclic) bond motifs is 4. The first-order chi connectivity index (χ1) is 18.4. The summed E-state index contributed by atoms with van der Waals surface area (Å²) in [5, 5.41) is 13.2. The lowest BCUT2D eigenvalue weighted by Gasteiger charge is -2.45. The van der Waals surface area contributed by atoms with Crippen molar-refractivity contribution in [2.75, 3.05) is 13.2 Å². The maximum absolute atomic E-state index is 13.2. The van der Waals surface area contributed by atoms with Crippen LogP contribution in [0.5, 0.6) is 5.75 Å². The molecule has 3 aromatic rings. The molecule has 198 valence electrons. The van der Waals surface area contributed by atoms with Gasteiger partial charge in [-0.15, -0.1) is 0 Å². The fourth-order valence-electron chi connectivity index (χ4n) is 5.28. The van der Waals surface area contributed by atoms with Gasteiger partial charge in [-0.05, 0) is 61.4 Å². The number of halogens is 1. The van der Waals surface area contributed by atoms with Crippen LogP contribution in [0, 0.1) is 11.7 Å². The van der Waals surface area contributed by atoms with Crippen molar-refractivity contribution in [2.45, 2.75) is 44.4 Å². The van der Waals surface area contributed by atoms with Gasteiger partial charge in [-0.1, -0.05) is 30.3 Å². The molecule has 1 fully saturated rings. The summed E-state index contributed by atoms with van der Waals surface area (Å²) >= 11 is 0.